The summed E-state index contributed by atoms with van der Waals surface area (Å²) in [5.74, 6) is -0.0755. The molecule has 3 aromatic rings. The van der Waals surface area contributed by atoms with Gasteiger partial charge in [0.1, 0.15) is 5.69 Å². The molecule has 0 bridgehead atoms. The van der Waals surface area contributed by atoms with Crippen LogP contribution in [-0.4, -0.2) is 15.5 Å². The van der Waals surface area contributed by atoms with Gasteiger partial charge < -0.3 is 9.88 Å². The van der Waals surface area contributed by atoms with Crippen LogP contribution < -0.4 is 5.32 Å². The van der Waals surface area contributed by atoms with E-state index in [-0.39, 0.29) is 5.91 Å². The molecule has 22 heavy (non-hydrogen) atoms. The zero-order chi connectivity index (χ0) is 15.5. The lowest BCUT2D eigenvalue weighted by Gasteiger charge is -2.10. The molecule has 0 aliphatic rings. The van der Waals surface area contributed by atoms with Gasteiger partial charge in [0, 0.05) is 25.5 Å². The molecule has 0 spiro atoms. The molecule has 0 atom stereocenters. The number of allylic oxidation sites excluding steroid dienone is 1. The molecule has 0 saturated carbocycles. The number of fused-ring (bicyclic) bond motifs is 1. The maximum atomic E-state index is 12.5. The van der Waals surface area contributed by atoms with Crippen molar-refractivity contribution in [1.82, 2.24) is 14.9 Å². The minimum Gasteiger partial charge on any atom is -0.347 e. The number of amides is 1. The largest absolute Gasteiger partial charge is 0.347 e. The van der Waals surface area contributed by atoms with E-state index in [1.54, 1.807) is 23.7 Å². The van der Waals surface area contributed by atoms with Crippen molar-refractivity contribution in [2.45, 2.75) is 20.0 Å². The summed E-state index contributed by atoms with van der Waals surface area (Å²) in [6, 6.07) is 7.79. The highest BCUT2D eigenvalue weighted by molar-refractivity contribution is 7.17. The average molecular weight is 311 g/mol. The number of aromatic nitrogens is 2. The third-order valence-electron chi connectivity index (χ3n) is 3.36. The van der Waals surface area contributed by atoms with Crippen molar-refractivity contribution < 1.29 is 4.79 Å². The van der Waals surface area contributed by atoms with Gasteiger partial charge in [0.2, 0.25) is 0 Å². The van der Waals surface area contributed by atoms with E-state index >= 15 is 0 Å². The van der Waals surface area contributed by atoms with E-state index in [4.69, 9.17) is 0 Å². The molecule has 4 nitrogen and oxygen atoms in total. The van der Waals surface area contributed by atoms with Gasteiger partial charge in [-0.1, -0.05) is 18.2 Å². The molecule has 0 aromatic carbocycles. The van der Waals surface area contributed by atoms with Crippen molar-refractivity contribution >= 4 is 27.5 Å². The number of thiophene rings is 1. The second-order valence-corrected chi connectivity index (χ2v) is 6.23. The van der Waals surface area contributed by atoms with Crippen LogP contribution in [0.3, 0.4) is 0 Å². The number of pyridine rings is 1. The molecule has 0 radical (unpaired) electrons. The molecular formula is C17H17N3OS. The second-order valence-electron chi connectivity index (χ2n) is 5.29. The maximum Gasteiger partial charge on any atom is 0.268 e. The van der Waals surface area contributed by atoms with Crippen LogP contribution in [0.4, 0.5) is 0 Å². The van der Waals surface area contributed by atoms with Gasteiger partial charge in [0.25, 0.3) is 5.91 Å². The Bertz CT molecular complexity index is 817. The second kappa shape index (κ2) is 6.15. The van der Waals surface area contributed by atoms with Gasteiger partial charge in [-0.25, -0.2) is 0 Å². The molecule has 3 aromatic heterocycles. The first-order valence-corrected chi connectivity index (χ1v) is 7.91. The molecule has 112 valence electrons. The number of hydrogen-bond donors (Lipinski definition) is 1. The molecule has 3 rings (SSSR count). The van der Waals surface area contributed by atoms with Crippen molar-refractivity contribution in [3.05, 3.63) is 65.4 Å². The first-order chi connectivity index (χ1) is 10.6. The topological polar surface area (TPSA) is 46.9 Å². The summed E-state index contributed by atoms with van der Waals surface area (Å²) in [7, 11) is 0. The number of carbonyl (C=O) groups is 1. The van der Waals surface area contributed by atoms with E-state index < -0.39 is 0 Å². The average Bonchev–Trinajstić information content (AvgIpc) is 3.08. The summed E-state index contributed by atoms with van der Waals surface area (Å²) < 4.78 is 3.14. The lowest BCUT2D eigenvalue weighted by atomic mass is 10.3. The highest BCUT2D eigenvalue weighted by Crippen LogP contribution is 2.26. The van der Waals surface area contributed by atoms with Gasteiger partial charge in [-0.2, -0.15) is 0 Å². The first-order valence-electron chi connectivity index (χ1n) is 7.03. The van der Waals surface area contributed by atoms with Gasteiger partial charge in [-0.05, 0) is 36.1 Å². The molecule has 0 fully saturated rings. The number of nitrogens with one attached hydrogen (secondary N) is 1. The first kappa shape index (κ1) is 14.5. The van der Waals surface area contributed by atoms with Gasteiger partial charge in [-0.15, -0.1) is 11.3 Å². The van der Waals surface area contributed by atoms with E-state index in [1.165, 1.54) is 0 Å². The third-order valence-corrected chi connectivity index (χ3v) is 4.21. The number of hydrogen-bond acceptors (Lipinski definition) is 3. The van der Waals surface area contributed by atoms with Crippen LogP contribution in [0.25, 0.3) is 10.2 Å². The standard InChI is InChI=1S/C17H17N3OS/c1-12(2)11-20-14-5-7-22-16(14)8-15(20)17(21)19-10-13-4-3-6-18-9-13/h3-9H,1,10-11H2,2H3,(H,19,21). The zero-order valence-electron chi connectivity index (χ0n) is 12.4. The van der Waals surface area contributed by atoms with Gasteiger partial charge >= 0.3 is 0 Å². The van der Waals surface area contributed by atoms with Crippen molar-refractivity contribution in [1.29, 1.82) is 0 Å². The van der Waals surface area contributed by atoms with Gasteiger partial charge in [0.05, 0.1) is 10.2 Å². The Morgan fingerprint density at radius 1 is 1.45 bits per heavy atom. The smallest absolute Gasteiger partial charge is 0.268 e. The predicted molar refractivity (Wildman–Crippen MR) is 90.0 cm³/mol. The summed E-state index contributed by atoms with van der Waals surface area (Å²) in [6.45, 7) is 7.05. The maximum absolute atomic E-state index is 12.5. The Hall–Kier alpha value is -2.40. The molecule has 5 heteroatoms. The molecule has 0 saturated heterocycles. The summed E-state index contributed by atoms with van der Waals surface area (Å²) >= 11 is 1.64. The SMILES string of the molecule is C=C(C)Cn1c(C(=O)NCc2cccnc2)cc2sccc21. The highest BCUT2D eigenvalue weighted by atomic mass is 32.1. The Balaban J connectivity index is 1.83. The van der Waals surface area contributed by atoms with E-state index in [1.807, 2.05) is 41.1 Å². The van der Waals surface area contributed by atoms with Crippen LogP contribution in [-0.2, 0) is 13.1 Å². The summed E-state index contributed by atoms with van der Waals surface area (Å²) in [4.78, 5) is 16.6. The molecule has 0 aliphatic carbocycles. The van der Waals surface area contributed by atoms with Crippen molar-refractivity contribution in [2.75, 3.05) is 0 Å². The molecule has 1 N–H and O–H groups in total. The third kappa shape index (κ3) is 2.94. The van der Waals surface area contributed by atoms with Crippen LogP contribution in [0.1, 0.15) is 23.0 Å². The summed E-state index contributed by atoms with van der Waals surface area (Å²) in [6.07, 6.45) is 3.48. The molecule has 1 amide bonds. The summed E-state index contributed by atoms with van der Waals surface area (Å²) in [5.41, 5.74) is 3.76. The fourth-order valence-corrected chi connectivity index (χ4v) is 3.20. The Labute approximate surface area is 133 Å². The Morgan fingerprint density at radius 2 is 2.32 bits per heavy atom. The van der Waals surface area contributed by atoms with Crippen molar-refractivity contribution in [3.63, 3.8) is 0 Å². The van der Waals surface area contributed by atoms with Crippen LogP contribution in [0.15, 0.2) is 54.2 Å². The lowest BCUT2D eigenvalue weighted by Crippen LogP contribution is -2.25. The van der Waals surface area contributed by atoms with Crippen LogP contribution in [0.5, 0.6) is 0 Å². The van der Waals surface area contributed by atoms with Crippen molar-refractivity contribution in [3.8, 4) is 0 Å². The van der Waals surface area contributed by atoms with Crippen LogP contribution >= 0.6 is 11.3 Å². The predicted octanol–water partition coefficient (Wildman–Crippen LogP) is 3.60. The summed E-state index contributed by atoms with van der Waals surface area (Å²) in [5, 5.41) is 4.99. The molecule has 3 heterocycles. The van der Waals surface area contributed by atoms with E-state index in [9.17, 15) is 4.79 Å². The lowest BCUT2D eigenvalue weighted by molar-refractivity contribution is 0.0942. The minimum atomic E-state index is -0.0755. The normalized spacial score (nSPS) is 10.8. The zero-order valence-corrected chi connectivity index (χ0v) is 13.2. The highest BCUT2D eigenvalue weighted by Gasteiger charge is 2.16. The molecule has 0 unspecified atom stereocenters. The van der Waals surface area contributed by atoms with E-state index in [0.29, 0.717) is 18.8 Å². The van der Waals surface area contributed by atoms with Crippen molar-refractivity contribution in [2.24, 2.45) is 0 Å². The number of nitrogens with zero attached hydrogens (tertiary/aromatic N) is 2. The fraction of sp³-hybridized carbons (Fsp3) is 0.176. The minimum absolute atomic E-state index is 0.0755. The Morgan fingerprint density at radius 3 is 3.05 bits per heavy atom. The van der Waals surface area contributed by atoms with Gasteiger partial charge in [0.15, 0.2) is 0 Å². The van der Waals surface area contributed by atoms with Gasteiger partial charge in [-0.3, -0.25) is 9.78 Å². The fourth-order valence-electron chi connectivity index (χ4n) is 2.38. The number of rotatable bonds is 5. The Kier molecular flexibility index (Phi) is 4.06. The van der Waals surface area contributed by atoms with Crippen LogP contribution in [0, 0.1) is 0 Å². The molecular weight excluding hydrogens is 294 g/mol. The van der Waals surface area contributed by atoms with Crippen LogP contribution in [0.2, 0.25) is 0 Å². The monoisotopic (exact) mass is 311 g/mol. The molecule has 0 aliphatic heterocycles. The number of carbonyl (C=O) groups excluding carboxylic acids is 1. The quantitative estimate of drug-likeness (QED) is 0.732. The van der Waals surface area contributed by atoms with E-state index in [2.05, 4.69) is 16.9 Å². The van der Waals surface area contributed by atoms with E-state index in [0.717, 1.165) is 21.4 Å².